The van der Waals surface area contributed by atoms with E-state index < -0.39 is 0 Å². The van der Waals surface area contributed by atoms with Crippen molar-refractivity contribution >= 4 is 22.7 Å². The molecule has 0 bridgehead atoms. The highest BCUT2D eigenvalue weighted by Gasteiger charge is 1.99. The van der Waals surface area contributed by atoms with Gasteiger partial charge in [-0.15, -0.1) is 0 Å². The molecule has 0 saturated heterocycles. The van der Waals surface area contributed by atoms with Gasteiger partial charge in [-0.2, -0.15) is 0 Å². The van der Waals surface area contributed by atoms with E-state index in [1.807, 2.05) is 39.2 Å². The molecule has 2 aromatic carbocycles. The van der Waals surface area contributed by atoms with Gasteiger partial charge in [-0.3, -0.25) is 0 Å². The number of nitrogens with one attached hydrogen (secondary N) is 1. The molecule has 2 aromatic rings. The smallest absolute Gasteiger partial charge is 0.0405 e. The van der Waals surface area contributed by atoms with Crippen molar-refractivity contribution in [3.63, 3.8) is 0 Å². The van der Waals surface area contributed by atoms with Gasteiger partial charge >= 0.3 is 0 Å². The fourth-order valence-corrected chi connectivity index (χ4v) is 1.73. The van der Waals surface area contributed by atoms with Gasteiger partial charge in [-0.05, 0) is 48.9 Å². The van der Waals surface area contributed by atoms with E-state index in [1.165, 1.54) is 5.69 Å². The summed E-state index contributed by atoms with van der Waals surface area (Å²) in [5.74, 6) is 0. The van der Waals surface area contributed by atoms with Crippen molar-refractivity contribution in [2.24, 2.45) is 0 Å². The molecular weight excluding hydrogens is 222 g/mol. The molecule has 2 rings (SSSR count). The summed E-state index contributed by atoms with van der Waals surface area (Å²) in [7, 11) is 4.06. The summed E-state index contributed by atoms with van der Waals surface area (Å²) < 4.78 is 0. The van der Waals surface area contributed by atoms with Gasteiger partial charge in [0.2, 0.25) is 0 Å². The second-order valence-electron chi connectivity index (χ2n) is 4.64. The highest BCUT2D eigenvalue weighted by Crippen LogP contribution is 2.22. The zero-order valence-electron chi connectivity index (χ0n) is 11.1. The van der Waals surface area contributed by atoms with Crippen LogP contribution >= 0.6 is 0 Å². The lowest BCUT2D eigenvalue weighted by Crippen LogP contribution is -2.08. The fourth-order valence-electron chi connectivity index (χ4n) is 1.73. The van der Waals surface area contributed by atoms with Crippen LogP contribution in [0.4, 0.5) is 22.7 Å². The van der Waals surface area contributed by atoms with E-state index in [2.05, 4.69) is 34.5 Å². The number of hydrogen-bond acceptors (Lipinski definition) is 3. The molecule has 0 aromatic heterocycles. The lowest BCUT2D eigenvalue weighted by atomic mass is 10.2. The zero-order chi connectivity index (χ0) is 13.1. The molecule has 3 heteroatoms. The van der Waals surface area contributed by atoms with Crippen LogP contribution in [0.3, 0.4) is 0 Å². The predicted octanol–water partition coefficient (Wildman–Crippen LogP) is 3.39. The maximum atomic E-state index is 5.89. The first kappa shape index (κ1) is 12.3. The van der Waals surface area contributed by atoms with Gasteiger partial charge in [0.05, 0.1) is 0 Å². The van der Waals surface area contributed by atoms with Crippen LogP contribution in [0.2, 0.25) is 0 Å². The van der Waals surface area contributed by atoms with Crippen molar-refractivity contribution in [1.29, 1.82) is 0 Å². The summed E-state index contributed by atoms with van der Waals surface area (Å²) in [5, 5.41) is 3.34. The third kappa shape index (κ3) is 2.74. The van der Waals surface area contributed by atoms with E-state index in [1.54, 1.807) is 0 Å². The van der Waals surface area contributed by atoms with E-state index in [-0.39, 0.29) is 0 Å². The highest BCUT2D eigenvalue weighted by molar-refractivity contribution is 5.66. The van der Waals surface area contributed by atoms with Gasteiger partial charge in [0.25, 0.3) is 0 Å². The molecule has 0 aliphatic heterocycles. The first-order chi connectivity index (χ1) is 8.56. The fraction of sp³-hybridized carbons (Fsp3) is 0.200. The van der Waals surface area contributed by atoms with Gasteiger partial charge in [0.1, 0.15) is 0 Å². The normalized spacial score (nSPS) is 10.2. The molecule has 94 valence electrons. The van der Waals surface area contributed by atoms with Gasteiger partial charge < -0.3 is 16.0 Å². The molecule has 0 aliphatic rings. The van der Waals surface area contributed by atoms with Crippen molar-refractivity contribution in [3.05, 3.63) is 48.0 Å². The van der Waals surface area contributed by atoms with Crippen molar-refractivity contribution in [2.45, 2.75) is 6.92 Å². The van der Waals surface area contributed by atoms with Gasteiger partial charge in [-0.1, -0.05) is 6.07 Å². The van der Waals surface area contributed by atoms with E-state index in [4.69, 9.17) is 5.73 Å². The van der Waals surface area contributed by atoms with Gasteiger partial charge in [0.15, 0.2) is 0 Å². The Labute approximate surface area is 108 Å². The largest absolute Gasteiger partial charge is 0.398 e. The molecule has 18 heavy (non-hydrogen) atoms. The highest BCUT2D eigenvalue weighted by atomic mass is 15.1. The quantitative estimate of drug-likeness (QED) is 0.809. The summed E-state index contributed by atoms with van der Waals surface area (Å²) in [5.41, 5.74) is 11.1. The Hall–Kier alpha value is -2.16. The van der Waals surface area contributed by atoms with Crippen LogP contribution < -0.4 is 16.0 Å². The minimum absolute atomic E-state index is 0.810. The summed E-state index contributed by atoms with van der Waals surface area (Å²) in [6, 6.07) is 14.3. The Balaban J connectivity index is 2.15. The minimum atomic E-state index is 0.810. The average molecular weight is 241 g/mol. The van der Waals surface area contributed by atoms with Crippen molar-refractivity contribution < 1.29 is 0 Å². The van der Waals surface area contributed by atoms with Crippen molar-refractivity contribution in [1.82, 2.24) is 0 Å². The molecule has 3 nitrogen and oxygen atoms in total. The third-order valence-corrected chi connectivity index (χ3v) is 2.95. The number of benzene rings is 2. The number of nitrogens with zero attached hydrogens (tertiary/aromatic N) is 1. The lowest BCUT2D eigenvalue weighted by molar-refractivity contribution is 1.13. The van der Waals surface area contributed by atoms with E-state index in [0.29, 0.717) is 0 Å². The number of aryl methyl sites for hydroxylation is 1. The molecule has 0 saturated carbocycles. The SMILES string of the molecule is Cc1ccc(Nc2ccc(N(C)C)cc2)cc1N. The van der Waals surface area contributed by atoms with E-state index >= 15 is 0 Å². The van der Waals surface area contributed by atoms with Crippen LogP contribution in [0.15, 0.2) is 42.5 Å². The molecule has 3 N–H and O–H groups in total. The first-order valence-corrected chi connectivity index (χ1v) is 5.97. The zero-order valence-corrected chi connectivity index (χ0v) is 11.1. The van der Waals surface area contributed by atoms with Crippen LogP contribution in [0.25, 0.3) is 0 Å². The molecule has 0 spiro atoms. The van der Waals surface area contributed by atoms with Gasteiger partial charge in [0, 0.05) is 36.8 Å². The van der Waals surface area contributed by atoms with Crippen LogP contribution in [-0.2, 0) is 0 Å². The summed E-state index contributed by atoms with van der Waals surface area (Å²) in [4.78, 5) is 2.08. The standard InChI is InChI=1S/C15H19N3/c1-11-4-5-13(10-15(11)16)17-12-6-8-14(9-7-12)18(2)3/h4-10,17H,16H2,1-3H3. The topological polar surface area (TPSA) is 41.3 Å². The van der Waals surface area contributed by atoms with Crippen LogP contribution in [0.5, 0.6) is 0 Å². The average Bonchev–Trinajstić information content (AvgIpc) is 2.34. The maximum absolute atomic E-state index is 5.89. The molecule has 0 fully saturated rings. The molecule has 0 radical (unpaired) electrons. The Bertz CT molecular complexity index is 530. The number of anilines is 4. The Morgan fingerprint density at radius 3 is 2.11 bits per heavy atom. The number of nitrogens with two attached hydrogens (primary N) is 1. The minimum Gasteiger partial charge on any atom is -0.398 e. The summed E-state index contributed by atoms with van der Waals surface area (Å²) >= 11 is 0. The lowest BCUT2D eigenvalue weighted by Gasteiger charge is -2.13. The van der Waals surface area contributed by atoms with Crippen LogP contribution in [0.1, 0.15) is 5.56 Å². The number of hydrogen-bond donors (Lipinski definition) is 2. The van der Waals surface area contributed by atoms with Gasteiger partial charge in [-0.25, -0.2) is 0 Å². The van der Waals surface area contributed by atoms with Crippen LogP contribution in [-0.4, -0.2) is 14.1 Å². The first-order valence-electron chi connectivity index (χ1n) is 5.97. The molecule has 0 heterocycles. The Kier molecular flexibility index (Phi) is 3.42. The monoisotopic (exact) mass is 241 g/mol. The molecule has 0 amide bonds. The maximum Gasteiger partial charge on any atom is 0.0405 e. The third-order valence-electron chi connectivity index (χ3n) is 2.95. The van der Waals surface area contributed by atoms with E-state index in [0.717, 1.165) is 22.6 Å². The molecular formula is C15H19N3. The van der Waals surface area contributed by atoms with Crippen molar-refractivity contribution in [2.75, 3.05) is 30.0 Å². The summed E-state index contributed by atoms with van der Waals surface area (Å²) in [6.45, 7) is 2.00. The van der Waals surface area contributed by atoms with E-state index in [9.17, 15) is 0 Å². The second-order valence-corrected chi connectivity index (χ2v) is 4.64. The molecule has 0 atom stereocenters. The Morgan fingerprint density at radius 2 is 1.56 bits per heavy atom. The van der Waals surface area contributed by atoms with Crippen LogP contribution in [0, 0.1) is 6.92 Å². The Morgan fingerprint density at radius 1 is 0.944 bits per heavy atom. The van der Waals surface area contributed by atoms with Crippen molar-refractivity contribution in [3.8, 4) is 0 Å². The predicted molar refractivity (Wildman–Crippen MR) is 79.6 cm³/mol. The second kappa shape index (κ2) is 5.00. The molecule has 0 aliphatic carbocycles. The number of nitrogen functional groups attached to an aromatic ring is 1. The molecule has 0 unspecified atom stereocenters. The number of rotatable bonds is 3. The summed E-state index contributed by atoms with van der Waals surface area (Å²) in [6.07, 6.45) is 0.